The van der Waals surface area contributed by atoms with Crippen LogP contribution < -0.4 is 5.43 Å². The summed E-state index contributed by atoms with van der Waals surface area (Å²) >= 11 is 3.35. The Balaban J connectivity index is 1.46. The Labute approximate surface area is 174 Å². The van der Waals surface area contributed by atoms with Crippen molar-refractivity contribution in [2.45, 2.75) is 36.2 Å². The molecule has 0 radical (unpaired) electrons. The summed E-state index contributed by atoms with van der Waals surface area (Å²) in [5.41, 5.74) is 4.06. The quantitative estimate of drug-likeness (QED) is 0.357. The van der Waals surface area contributed by atoms with Crippen molar-refractivity contribution in [3.63, 3.8) is 0 Å². The molecule has 2 aromatic heterocycles. The summed E-state index contributed by atoms with van der Waals surface area (Å²) in [6, 6.07) is 10.3. The number of hydrogen-bond donors (Lipinski definition) is 1. The van der Waals surface area contributed by atoms with E-state index >= 15 is 0 Å². The van der Waals surface area contributed by atoms with Gasteiger partial charge in [-0.1, -0.05) is 23.9 Å². The van der Waals surface area contributed by atoms with E-state index in [1.807, 2.05) is 18.2 Å². The van der Waals surface area contributed by atoms with E-state index in [4.69, 9.17) is 0 Å². The van der Waals surface area contributed by atoms with Crippen LogP contribution in [0.15, 0.2) is 62.5 Å². The first-order valence-electron chi connectivity index (χ1n) is 9.07. The lowest BCUT2D eigenvalue weighted by Crippen LogP contribution is -2.06. The second kappa shape index (κ2) is 8.54. The van der Waals surface area contributed by atoms with Crippen molar-refractivity contribution in [1.29, 1.82) is 0 Å². The van der Waals surface area contributed by atoms with Gasteiger partial charge in [0, 0.05) is 6.20 Å². The Morgan fingerprint density at radius 2 is 1.93 bits per heavy atom. The highest BCUT2D eigenvalue weighted by Crippen LogP contribution is 2.40. The summed E-state index contributed by atoms with van der Waals surface area (Å²) in [6.45, 7) is 0. The van der Waals surface area contributed by atoms with Crippen LogP contribution in [-0.4, -0.2) is 16.2 Å². The smallest absolute Gasteiger partial charge is 0.261 e. The Morgan fingerprint density at radius 1 is 1.10 bits per heavy atom. The van der Waals surface area contributed by atoms with Crippen molar-refractivity contribution in [3.8, 4) is 0 Å². The van der Waals surface area contributed by atoms with Crippen LogP contribution in [0.2, 0.25) is 0 Å². The van der Waals surface area contributed by atoms with Crippen LogP contribution in [0.4, 0.5) is 19.0 Å². The number of nitrogens with zero attached hydrogens (tertiary/aromatic N) is 3. The minimum absolute atomic E-state index is 0.269. The number of nitrogens with one attached hydrogen (secondary N) is 1. The van der Waals surface area contributed by atoms with Crippen molar-refractivity contribution in [3.05, 3.63) is 58.6 Å². The first kappa shape index (κ1) is 19.9. The van der Waals surface area contributed by atoms with E-state index in [1.165, 1.54) is 11.0 Å². The van der Waals surface area contributed by atoms with Crippen molar-refractivity contribution >= 4 is 45.3 Å². The second-order valence-corrected chi connectivity index (χ2v) is 8.88. The third-order valence-corrected chi connectivity index (χ3v) is 6.74. The number of benzene rings is 1. The molecule has 4 rings (SSSR count). The van der Waals surface area contributed by atoms with Crippen molar-refractivity contribution in [2.24, 2.45) is 5.10 Å². The topological polar surface area (TPSA) is 50.2 Å². The molecule has 1 aliphatic rings. The summed E-state index contributed by atoms with van der Waals surface area (Å²) in [5.74, 6) is 0.269. The number of hydrogen-bond acceptors (Lipinski definition) is 6. The zero-order chi connectivity index (χ0) is 20.3. The normalized spacial score (nSPS) is 15.4. The molecule has 1 aliphatic carbocycles. The van der Waals surface area contributed by atoms with Crippen LogP contribution in [0.3, 0.4) is 0 Å². The summed E-state index contributed by atoms with van der Waals surface area (Å²) in [6.07, 6.45) is 2.25. The number of pyridine rings is 1. The fraction of sp³-hybridized carbons (Fsp3) is 0.250. The minimum Gasteiger partial charge on any atom is -0.261 e. The average Bonchev–Trinajstić information content (AvgIpc) is 3.11. The Hall–Kier alpha value is -2.39. The van der Waals surface area contributed by atoms with Crippen molar-refractivity contribution in [1.82, 2.24) is 9.97 Å². The highest BCUT2D eigenvalue weighted by atomic mass is 32.2. The Bertz CT molecular complexity index is 1020. The van der Waals surface area contributed by atoms with Crippen LogP contribution >= 0.6 is 23.1 Å². The van der Waals surface area contributed by atoms with E-state index in [2.05, 4.69) is 26.6 Å². The maximum absolute atomic E-state index is 12.6. The number of para-hydroxylation sites is 1. The van der Waals surface area contributed by atoms with Crippen LogP contribution in [0.25, 0.3) is 10.2 Å². The molecule has 0 bridgehead atoms. The lowest BCUT2D eigenvalue weighted by molar-refractivity contribution is -0.137. The van der Waals surface area contributed by atoms with Gasteiger partial charge < -0.3 is 0 Å². The molecule has 0 saturated carbocycles. The number of aromatic nitrogens is 2. The number of alkyl halides is 3. The average molecular weight is 435 g/mol. The highest BCUT2D eigenvalue weighted by molar-refractivity contribution is 8.04. The van der Waals surface area contributed by atoms with Gasteiger partial charge in [0.15, 0.2) is 4.34 Å². The molecule has 0 saturated heterocycles. The van der Waals surface area contributed by atoms with E-state index < -0.39 is 11.7 Å². The number of hydrazone groups is 1. The number of halogens is 3. The number of allylic oxidation sites excluding steroid dienone is 2. The fourth-order valence-corrected chi connectivity index (χ4v) is 5.28. The molecule has 2 heterocycles. The summed E-state index contributed by atoms with van der Waals surface area (Å²) in [5, 5.41) is 4.18. The van der Waals surface area contributed by atoms with Gasteiger partial charge in [-0.25, -0.2) is 9.97 Å². The van der Waals surface area contributed by atoms with Crippen LogP contribution in [0.5, 0.6) is 0 Å². The van der Waals surface area contributed by atoms with Gasteiger partial charge in [-0.05, 0) is 60.4 Å². The van der Waals surface area contributed by atoms with Gasteiger partial charge in [0.1, 0.15) is 5.82 Å². The van der Waals surface area contributed by atoms with E-state index in [1.54, 1.807) is 29.3 Å². The zero-order valence-electron chi connectivity index (χ0n) is 15.2. The van der Waals surface area contributed by atoms with Gasteiger partial charge in [0.25, 0.3) is 0 Å². The van der Waals surface area contributed by atoms with Gasteiger partial charge in [0.2, 0.25) is 0 Å². The van der Waals surface area contributed by atoms with Gasteiger partial charge in [-0.3, -0.25) is 5.43 Å². The molecule has 4 nitrogen and oxygen atoms in total. The third-order valence-electron chi connectivity index (χ3n) is 4.43. The first-order valence-corrected chi connectivity index (χ1v) is 10.7. The standard InChI is InChI=1S/C20H17F3N4S2/c21-20(22,23)14-9-10-18(24-12-14)27-25-11-13-5-1-3-7-16(13)28-19-26-15-6-2-4-8-17(15)29-19/h2,4,6,8-12H,1,3,5,7H2,(H,24,27)/b25-11+. The molecule has 9 heteroatoms. The largest absolute Gasteiger partial charge is 0.417 e. The van der Waals surface area contributed by atoms with E-state index in [0.29, 0.717) is 0 Å². The number of thiazole rings is 1. The molecule has 0 spiro atoms. The van der Waals surface area contributed by atoms with Crippen molar-refractivity contribution < 1.29 is 13.2 Å². The van der Waals surface area contributed by atoms with Crippen molar-refractivity contribution in [2.75, 3.05) is 5.43 Å². The molecule has 0 unspecified atom stereocenters. The predicted molar refractivity (Wildman–Crippen MR) is 112 cm³/mol. The third kappa shape index (κ3) is 4.97. The maximum atomic E-state index is 12.6. The molecule has 0 aliphatic heterocycles. The minimum atomic E-state index is -4.39. The molecule has 0 amide bonds. The number of thioether (sulfide) groups is 1. The van der Waals surface area contributed by atoms with E-state index in [0.717, 1.165) is 58.1 Å². The summed E-state index contributed by atoms with van der Waals surface area (Å²) in [4.78, 5) is 9.68. The fourth-order valence-electron chi connectivity index (χ4n) is 2.96. The molecule has 0 fully saturated rings. The zero-order valence-corrected chi connectivity index (χ0v) is 16.9. The van der Waals surface area contributed by atoms with Crippen LogP contribution in [-0.2, 0) is 6.18 Å². The summed E-state index contributed by atoms with van der Waals surface area (Å²) < 4.78 is 40.0. The van der Waals surface area contributed by atoms with E-state index in [-0.39, 0.29) is 5.82 Å². The monoisotopic (exact) mass is 434 g/mol. The summed E-state index contributed by atoms with van der Waals surface area (Å²) in [7, 11) is 0. The number of anilines is 1. The number of fused-ring (bicyclic) bond motifs is 1. The van der Waals surface area contributed by atoms with Gasteiger partial charge >= 0.3 is 6.18 Å². The molecular weight excluding hydrogens is 417 g/mol. The highest BCUT2D eigenvalue weighted by Gasteiger charge is 2.30. The van der Waals surface area contributed by atoms with Gasteiger partial charge in [0.05, 0.1) is 22.0 Å². The molecule has 3 aromatic rings. The Kier molecular flexibility index (Phi) is 5.86. The predicted octanol–water partition coefficient (Wildman–Crippen LogP) is 6.73. The molecule has 150 valence electrons. The number of rotatable bonds is 5. The Morgan fingerprint density at radius 3 is 2.69 bits per heavy atom. The van der Waals surface area contributed by atoms with Crippen LogP contribution in [0.1, 0.15) is 31.2 Å². The first-order chi connectivity index (χ1) is 14.0. The molecule has 1 aromatic carbocycles. The van der Waals surface area contributed by atoms with Gasteiger partial charge in [-0.2, -0.15) is 18.3 Å². The lowest BCUT2D eigenvalue weighted by Gasteiger charge is -2.16. The molecular formula is C20H17F3N4S2. The van der Waals surface area contributed by atoms with E-state index in [9.17, 15) is 13.2 Å². The van der Waals surface area contributed by atoms with Gasteiger partial charge in [-0.15, -0.1) is 11.3 Å². The van der Waals surface area contributed by atoms with Crippen LogP contribution in [0, 0.1) is 0 Å². The molecule has 29 heavy (non-hydrogen) atoms. The molecule has 0 atom stereocenters. The maximum Gasteiger partial charge on any atom is 0.417 e. The molecule has 1 N–H and O–H groups in total. The SMILES string of the molecule is FC(F)(F)c1ccc(N/N=C/C2=C(Sc3nc4ccccc4s3)CCCC2)nc1. The second-order valence-electron chi connectivity index (χ2n) is 6.50. The lowest BCUT2D eigenvalue weighted by atomic mass is 10.0.